The minimum atomic E-state index is -0.431. The van der Waals surface area contributed by atoms with Gasteiger partial charge in [-0.3, -0.25) is 10.1 Å². The molecule has 0 unspecified atom stereocenters. The highest BCUT2D eigenvalue weighted by molar-refractivity contribution is 6.30. The highest BCUT2D eigenvalue weighted by atomic mass is 35.5. The average Bonchev–Trinajstić information content (AvgIpc) is 3.39. The first-order valence-corrected chi connectivity index (χ1v) is 13.9. The van der Waals surface area contributed by atoms with Crippen LogP contribution in [0.15, 0.2) is 85.1 Å². The topological polar surface area (TPSA) is 119 Å². The molecule has 43 heavy (non-hydrogen) atoms. The minimum absolute atomic E-state index is 0.0827. The number of halogens is 1. The molecule has 220 valence electrons. The van der Waals surface area contributed by atoms with Crippen molar-refractivity contribution in [3.63, 3.8) is 0 Å². The molecule has 2 aromatic heterocycles. The van der Waals surface area contributed by atoms with Crippen LogP contribution >= 0.6 is 11.6 Å². The first kappa shape index (κ1) is 29.6. The van der Waals surface area contributed by atoms with Crippen LogP contribution in [0.1, 0.15) is 26.5 Å². The summed E-state index contributed by atoms with van der Waals surface area (Å²) in [7, 11) is 1.44. The molecule has 2 heterocycles. The molecule has 3 N–H and O–H groups in total. The van der Waals surface area contributed by atoms with Gasteiger partial charge in [-0.05, 0) is 42.5 Å². The Bertz CT molecular complexity index is 1780. The normalized spacial score (nSPS) is 11.3. The molecule has 0 radical (unpaired) electrons. The highest BCUT2D eigenvalue weighted by Gasteiger charge is 2.22. The van der Waals surface area contributed by atoms with Gasteiger partial charge in [0.2, 0.25) is 0 Å². The van der Waals surface area contributed by atoms with Crippen molar-refractivity contribution in [3.05, 3.63) is 95.8 Å². The first-order chi connectivity index (χ1) is 20.6. The van der Waals surface area contributed by atoms with E-state index in [2.05, 4.69) is 41.7 Å². The molecule has 11 heteroatoms. The number of carbonyl (C=O) groups excluding carboxylic acids is 2. The lowest BCUT2D eigenvalue weighted by molar-refractivity contribution is -0.119. The van der Waals surface area contributed by atoms with Gasteiger partial charge in [0, 0.05) is 46.6 Å². The van der Waals surface area contributed by atoms with E-state index >= 15 is 0 Å². The van der Waals surface area contributed by atoms with Gasteiger partial charge in [0.05, 0.1) is 17.1 Å². The van der Waals surface area contributed by atoms with Gasteiger partial charge in [0.1, 0.15) is 29.7 Å². The number of rotatable bonds is 8. The summed E-state index contributed by atoms with van der Waals surface area (Å²) in [6.07, 6.45) is 1.54. The number of anilines is 3. The third-order valence-corrected chi connectivity index (χ3v) is 6.68. The number of benzene rings is 3. The van der Waals surface area contributed by atoms with E-state index < -0.39 is 6.03 Å². The SMILES string of the molecule is COCC(=O)Nc1cc(Oc2ccc(NC(=O)Nc3cc(C(C)(C)C)nn3-c3ccc(Cl)cc3)c3ccccc23)ccn1. The zero-order valence-corrected chi connectivity index (χ0v) is 24.9. The standard InChI is InChI=1S/C32H31ClN6O4/c1-32(2,3)27-18-29(39(38-27)21-11-9-20(33)10-12-21)37-31(41)35-25-13-14-26(24-8-6-5-7-23(24)25)43-22-15-16-34-28(17-22)36-30(40)19-42-4/h5-18H,19H2,1-4H3,(H,34,36,40)(H2,35,37,41). The molecule has 0 fully saturated rings. The Labute approximate surface area is 254 Å². The third-order valence-electron chi connectivity index (χ3n) is 6.42. The molecule has 0 saturated carbocycles. The second-order valence-corrected chi connectivity index (χ2v) is 11.2. The number of ether oxygens (including phenoxy) is 2. The largest absolute Gasteiger partial charge is 0.457 e. The molecule has 0 aliphatic carbocycles. The Kier molecular flexibility index (Phi) is 8.61. The number of hydrogen-bond acceptors (Lipinski definition) is 6. The summed E-state index contributed by atoms with van der Waals surface area (Å²) in [5.74, 6) is 1.58. The highest BCUT2D eigenvalue weighted by Crippen LogP contribution is 2.35. The van der Waals surface area contributed by atoms with Gasteiger partial charge in [-0.15, -0.1) is 0 Å². The molecular formula is C32H31ClN6O4. The molecule has 0 aliphatic rings. The first-order valence-electron chi connectivity index (χ1n) is 13.5. The van der Waals surface area contributed by atoms with Gasteiger partial charge >= 0.3 is 6.03 Å². The van der Waals surface area contributed by atoms with E-state index in [1.807, 2.05) is 42.5 Å². The smallest absolute Gasteiger partial charge is 0.324 e. The monoisotopic (exact) mass is 598 g/mol. The van der Waals surface area contributed by atoms with Crippen molar-refractivity contribution in [1.82, 2.24) is 14.8 Å². The van der Waals surface area contributed by atoms with Crippen LogP contribution in [0.25, 0.3) is 16.5 Å². The van der Waals surface area contributed by atoms with Gasteiger partial charge in [-0.25, -0.2) is 14.5 Å². The number of aromatic nitrogens is 3. The summed E-state index contributed by atoms with van der Waals surface area (Å²) < 4.78 is 12.7. The molecule has 3 amide bonds. The number of hydrogen-bond donors (Lipinski definition) is 3. The lowest BCUT2D eigenvalue weighted by atomic mass is 9.92. The summed E-state index contributed by atoms with van der Waals surface area (Å²) in [5.41, 5.74) is 1.94. The third kappa shape index (κ3) is 7.11. The van der Waals surface area contributed by atoms with Crippen molar-refractivity contribution in [3.8, 4) is 17.2 Å². The molecule has 5 aromatic rings. The lowest BCUT2D eigenvalue weighted by Gasteiger charge is -2.14. The molecule has 0 atom stereocenters. The predicted molar refractivity (Wildman–Crippen MR) is 169 cm³/mol. The van der Waals surface area contributed by atoms with Gasteiger partial charge in [0.25, 0.3) is 5.91 Å². The van der Waals surface area contributed by atoms with Crippen molar-refractivity contribution in [2.24, 2.45) is 0 Å². The van der Waals surface area contributed by atoms with Crippen LogP contribution in [0, 0.1) is 0 Å². The number of nitrogens with zero attached hydrogens (tertiary/aromatic N) is 3. The fourth-order valence-electron chi connectivity index (χ4n) is 4.34. The van der Waals surface area contributed by atoms with Crippen LogP contribution in [-0.2, 0) is 14.9 Å². The Balaban J connectivity index is 1.38. The maximum Gasteiger partial charge on any atom is 0.324 e. The Morgan fingerprint density at radius 1 is 0.907 bits per heavy atom. The number of fused-ring (bicyclic) bond motifs is 1. The van der Waals surface area contributed by atoms with E-state index in [9.17, 15) is 9.59 Å². The molecule has 0 aliphatic heterocycles. The van der Waals surface area contributed by atoms with Gasteiger partial charge in [-0.1, -0.05) is 56.6 Å². The van der Waals surface area contributed by atoms with Gasteiger partial charge < -0.3 is 20.1 Å². The molecule has 0 spiro atoms. The summed E-state index contributed by atoms with van der Waals surface area (Å²) in [6, 6.07) is 23.1. The number of nitrogens with one attached hydrogen (secondary N) is 3. The Morgan fingerprint density at radius 3 is 2.37 bits per heavy atom. The van der Waals surface area contributed by atoms with Crippen molar-refractivity contribution < 1.29 is 19.1 Å². The summed E-state index contributed by atoms with van der Waals surface area (Å²) >= 11 is 6.09. The molecular weight excluding hydrogens is 568 g/mol. The second kappa shape index (κ2) is 12.5. The fourth-order valence-corrected chi connectivity index (χ4v) is 4.46. The van der Waals surface area contributed by atoms with E-state index in [-0.39, 0.29) is 17.9 Å². The fraction of sp³-hybridized carbons (Fsp3) is 0.188. The van der Waals surface area contributed by atoms with Crippen LogP contribution in [0.5, 0.6) is 11.5 Å². The second-order valence-electron chi connectivity index (χ2n) is 10.7. The Hall–Kier alpha value is -4.93. The maximum atomic E-state index is 13.3. The number of pyridine rings is 1. The summed E-state index contributed by atoms with van der Waals surface area (Å²) in [4.78, 5) is 29.3. The molecule has 10 nitrogen and oxygen atoms in total. The van der Waals surface area contributed by atoms with Crippen LogP contribution in [0.3, 0.4) is 0 Å². The van der Waals surface area contributed by atoms with Crippen LogP contribution in [0.4, 0.5) is 22.1 Å². The maximum absolute atomic E-state index is 13.3. The van der Waals surface area contributed by atoms with Crippen molar-refractivity contribution in [2.45, 2.75) is 26.2 Å². The summed E-state index contributed by atoms with van der Waals surface area (Å²) in [6.45, 7) is 6.10. The molecule has 0 bridgehead atoms. The van der Waals surface area contributed by atoms with Gasteiger partial charge in [-0.2, -0.15) is 5.10 Å². The van der Waals surface area contributed by atoms with Crippen LogP contribution < -0.4 is 20.7 Å². The number of carbonyl (C=O) groups is 2. The van der Waals surface area contributed by atoms with Gasteiger partial charge in [0.15, 0.2) is 0 Å². The minimum Gasteiger partial charge on any atom is -0.457 e. The lowest BCUT2D eigenvalue weighted by Crippen LogP contribution is -2.21. The van der Waals surface area contributed by atoms with E-state index in [1.165, 1.54) is 7.11 Å². The van der Waals surface area contributed by atoms with Crippen LogP contribution in [-0.4, -0.2) is 40.4 Å². The molecule has 0 saturated heterocycles. The van der Waals surface area contributed by atoms with E-state index in [0.29, 0.717) is 33.8 Å². The van der Waals surface area contributed by atoms with E-state index in [4.69, 9.17) is 26.2 Å². The predicted octanol–water partition coefficient (Wildman–Crippen LogP) is 7.39. The zero-order valence-electron chi connectivity index (χ0n) is 24.1. The number of urea groups is 1. The van der Waals surface area contributed by atoms with Crippen molar-refractivity contribution >= 4 is 51.6 Å². The number of amides is 3. The zero-order chi connectivity index (χ0) is 30.6. The van der Waals surface area contributed by atoms with Crippen molar-refractivity contribution in [2.75, 3.05) is 29.7 Å². The molecule has 5 rings (SSSR count). The van der Waals surface area contributed by atoms with Crippen LogP contribution in [0.2, 0.25) is 5.02 Å². The summed E-state index contributed by atoms with van der Waals surface area (Å²) in [5, 5.41) is 15.5. The van der Waals surface area contributed by atoms with Crippen molar-refractivity contribution in [1.29, 1.82) is 0 Å². The quantitative estimate of drug-likeness (QED) is 0.171. The number of methoxy groups -OCH3 is 1. The van der Waals surface area contributed by atoms with E-state index in [1.54, 1.807) is 47.3 Å². The Morgan fingerprint density at radius 2 is 1.65 bits per heavy atom. The molecule has 3 aromatic carbocycles. The average molecular weight is 599 g/mol. The van der Waals surface area contributed by atoms with E-state index in [0.717, 1.165) is 22.2 Å².